The third kappa shape index (κ3) is 3.38. The zero-order chi connectivity index (χ0) is 15.6. The highest BCUT2D eigenvalue weighted by atomic mass is 79.9. The summed E-state index contributed by atoms with van der Waals surface area (Å²) in [5.74, 6) is -0.457. The van der Waals surface area contributed by atoms with Crippen molar-refractivity contribution in [3.8, 4) is 0 Å². The van der Waals surface area contributed by atoms with Crippen LogP contribution < -0.4 is 11.1 Å². The number of anilines is 2. The first kappa shape index (κ1) is 15.0. The Hall–Kier alpha value is -2.41. The van der Waals surface area contributed by atoms with Crippen LogP contribution in [0.5, 0.6) is 0 Å². The summed E-state index contributed by atoms with van der Waals surface area (Å²) in [5.41, 5.74) is 7.21. The van der Waals surface area contributed by atoms with E-state index in [-0.39, 0.29) is 11.4 Å². The Kier molecular flexibility index (Phi) is 4.23. The fourth-order valence-electron chi connectivity index (χ4n) is 1.78. The zero-order valence-electron chi connectivity index (χ0n) is 11.1. The van der Waals surface area contributed by atoms with Gasteiger partial charge < -0.3 is 11.1 Å². The van der Waals surface area contributed by atoms with E-state index in [0.717, 1.165) is 5.56 Å². The van der Waals surface area contributed by atoms with E-state index in [1.54, 1.807) is 25.1 Å². The molecule has 0 fully saturated rings. The first-order valence-electron chi connectivity index (χ1n) is 6.00. The molecule has 0 saturated heterocycles. The molecule has 0 spiro atoms. The van der Waals surface area contributed by atoms with Crippen LogP contribution in [0.1, 0.15) is 15.9 Å². The third-order valence-electron chi connectivity index (χ3n) is 2.86. The molecule has 0 radical (unpaired) electrons. The molecule has 0 saturated carbocycles. The van der Waals surface area contributed by atoms with Gasteiger partial charge in [-0.3, -0.25) is 14.9 Å². The first-order valence-corrected chi connectivity index (χ1v) is 6.79. The van der Waals surface area contributed by atoms with Crippen LogP contribution in [0.25, 0.3) is 0 Å². The molecule has 0 aliphatic rings. The number of aryl methyl sites for hydroxylation is 1. The van der Waals surface area contributed by atoms with E-state index in [1.807, 2.05) is 0 Å². The number of nitrogens with one attached hydrogen (secondary N) is 1. The number of carbonyl (C=O) groups is 1. The lowest BCUT2D eigenvalue weighted by atomic mass is 10.1. The van der Waals surface area contributed by atoms with E-state index in [4.69, 9.17) is 5.73 Å². The van der Waals surface area contributed by atoms with Gasteiger partial charge in [0.15, 0.2) is 0 Å². The van der Waals surface area contributed by atoms with Gasteiger partial charge in [0, 0.05) is 21.8 Å². The van der Waals surface area contributed by atoms with Crippen LogP contribution in [0.4, 0.5) is 17.1 Å². The summed E-state index contributed by atoms with van der Waals surface area (Å²) in [5, 5.41) is 13.5. The van der Waals surface area contributed by atoms with E-state index in [9.17, 15) is 14.9 Å². The Balaban J connectivity index is 2.31. The molecule has 0 heterocycles. The number of hydrogen-bond acceptors (Lipinski definition) is 4. The molecule has 2 rings (SSSR count). The molecule has 2 aromatic rings. The third-order valence-corrected chi connectivity index (χ3v) is 3.58. The number of carbonyl (C=O) groups excluding carboxylic acids is 1. The molecule has 21 heavy (non-hydrogen) atoms. The van der Waals surface area contributed by atoms with Crippen LogP contribution in [0.15, 0.2) is 40.9 Å². The average Bonchev–Trinajstić information content (AvgIpc) is 2.43. The van der Waals surface area contributed by atoms with Gasteiger partial charge in [-0.2, -0.15) is 0 Å². The topological polar surface area (TPSA) is 98.3 Å². The predicted molar refractivity (Wildman–Crippen MR) is 84.3 cm³/mol. The SMILES string of the molecule is Cc1ccc(NC(=O)c2ccc(Br)c(N)c2)c([N+](=O)[O-])c1. The quantitative estimate of drug-likeness (QED) is 0.503. The van der Waals surface area contributed by atoms with Crippen molar-refractivity contribution in [2.24, 2.45) is 0 Å². The molecule has 0 aromatic heterocycles. The van der Waals surface area contributed by atoms with Gasteiger partial charge in [-0.1, -0.05) is 6.07 Å². The Labute approximate surface area is 129 Å². The van der Waals surface area contributed by atoms with Crippen molar-refractivity contribution in [2.75, 3.05) is 11.1 Å². The molecule has 1 amide bonds. The van der Waals surface area contributed by atoms with E-state index in [2.05, 4.69) is 21.2 Å². The Bertz CT molecular complexity index is 731. The Morgan fingerprint density at radius 1 is 1.29 bits per heavy atom. The minimum absolute atomic E-state index is 0.145. The summed E-state index contributed by atoms with van der Waals surface area (Å²) in [6.45, 7) is 1.74. The maximum absolute atomic E-state index is 12.1. The second kappa shape index (κ2) is 5.92. The summed E-state index contributed by atoms with van der Waals surface area (Å²) in [7, 11) is 0. The number of halogens is 1. The lowest BCUT2D eigenvalue weighted by Crippen LogP contribution is -2.13. The number of nitrogens with zero attached hydrogens (tertiary/aromatic N) is 1. The van der Waals surface area contributed by atoms with Crippen LogP contribution in [-0.2, 0) is 0 Å². The van der Waals surface area contributed by atoms with Crippen molar-refractivity contribution in [3.63, 3.8) is 0 Å². The number of benzene rings is 2. The van der Waals surface area contributed by atoms with Gasteiger partial charge in [0.25, 0.3) is 11.6 Å². The molecule has 3 N–H and O–H groups in total. The van der Waals surface area contributed by atoms with E-state index in [0.29, 0.717) is 15.7 Å². The van der Waals surface area contributed by atoms with Gasteiger partial charge in [-0.25, -0.2) is 0 Å². The van der Waals surface area contributed by atoms with Gasteiger partial charge in [-0.05, 0) is 52.7 Å². The number of nitrogen functional groups attached to an aromatic ring is 1. The van der Waals surface area contributed by atoms with Gasteiger partial charge in [0.05, 0.1) is 4.92 Å². The first-order chi connectivity index (χ1) is 9.88. The van der Waals surface area contributed by atoms with Crippen molar-refractivity contribution < 1.29 is 9.72 Å². The second-order valence-electron chi connectivity index (χ2n) is 4.47. The maximum atomic E-state index is 12.1. The monoisotopic (exact) mass is 349 g/mol. The number of nitrogens with two attached hydrogens (primary N) is 1. The molecule has 0 aliphatic heterocycles. The normalized spacial score (nSPS) is 10.2. The van der Waals surface area contributed by atoms with Crippen LogP contribution in [0.3, 0.4) is 0 Å². The van der Waals surface area contributed by atoms with Crippen molar-refractivity contribution in [1.82, 2.24) is 0 Å². The average molecular weight is 350 g/mol. The van der Waals surface area contributed by atoms with Crippen LogP contribution in [0, 0.1) is 17.0 Å². The molecular weight excluding hydrogens is 338 g/mol. The van der Waals surface area contributed by atoms with E-state index < -0.39 is 10.8 Å². The summed E-state index contributed by atoms with van der Waals surface area (Å²) in [6, 6.07) is 9.33. The van der Waals surface area contributed by atoms with Crippen molar-refractivity contribution in [3.05, 3.63) is 62.1 Å². The fourth-order valence-corrected chi connectivity index (χ4v) is 2.02. The lowest BCUT2D eigenvalue weighted by molar-refractivity contribution is -0.384. The Morgan fingerprint density at radius 3 is 2.62 bits per heavy atom. The largest absolute Gasteiger partial charge is 0.398 e. The summed E-state index contributed by atoms with van der Waals surface area (Å²) >= 11 is 3.24. The van der Waals surface area contributed by atoms with Gasteiger partial charge in [0.1, 0.15) is 5.69 Å². The molecule has 108 valence electrons. The molecule has 0 bridgehead atoms. The van der Waals surface area contributed by atoms with Gasteiger partial charge >= 0.3 is 0 Å². The zero-order valence-corrected chi connectivity index (χ0v) is 12.7. The predicted octanol–water partition coefficient (Wildman–Crippen LogP) is 3.50. The minimum atomic E-state index is -0.529. The Morgan fingerprint density at radius 2 is 2.00 bits per heavy atom. The lowest BCUT2D eigenvalue weighted by Gasteiger charge is -2.08. The molecular formula is C14H12BrN3O3. The minimum Gasteiger partial charge on any atom is -0.398 e. The van der Waals surface area contributed by atoms with Crippen molar-refractivity contribution >= 4 is 38.9 Å². The molecule has 7 heteroatoms. The highest BCUT2D eigenvalue weighted by molar-refractivity contribution is 9.10. The number of hydrogen-bond donors (Lipinski definition) is 2. The highest BCUT2D eigenvalue weighted by Gasteiger charge is 2.17. The molecule has 0 atom stereocenters. The number of rotatable bonds is 3. The smallest absolute Gasteiger partial charge is 0.293 e. The van der Waals surface area contributed by atoms with Gasteiger partial charge in [-0.15, -0.1) is 0 Å². The van der Waals surface area contributed by atoms with E-state index >= 15 is 0 Å². The standard InChI is InChI=1S/C14H12BrN3O3/c1-8-2-5-12(13(6-8)18(20)21)17-14(19)9-3-4-10(15)11(16)7-9/h2-7H,16H2,1H3,(H,17,19). The fraction of sp³-hybridized carbons (Fsp3) is 0.0714. The summed E-state index contributed by atoms with van der Waals surface area (Å²) in [4.78, 5) is 22.6. The highest BCUT2D eigenvalue weighted by Crippen LogP contribution is 2.26. The van der Waals surface area contributed by atoms with Crippen molar-refractivity contribution in [2.45, 2.75) is 6.92 Å². The number of amides is 1. The molecule has 6 nitrogen and oxygen atoms in total. The maximum Gasteiger partial charge on any atom is 0.293 e. The number of nitro groups is 1. The summed E-state index contributed by atoms with van der Waals surface area (Å²) in [6.07, 6.45) is 0. The molecule has 0 unspecified atom stereocenters. The molecule has 0 aliphatic carbocycles. The molecule has 2 aromatic carbocycles. The number of nitro benzene ring substituents is 1. The second-order valence-corrected chi connectivity index (χ2v) is 5.32. The van der Waals surface area contributed by atoms with E-state index in [1.165, 1.54) is 18.2 Å². The van der Waals surface area contributed by atoms with Crippen LogP contribution in [-0.4, -0.2) is 10.8 Å². The van der Waals surface area contributed by atoms with Crippen LogP contribution in [0.2, 0.25) is 0 Å². The van der Waals surface area contributed by atoms with Crippen LogP contribution >= 0.6 is 15.9 Å². The summed E-state index contributed by atoms with van der Waals surface area (Å²) < 4.78 is 0.681. The van der Waals surface area contributed by atoms with Gasteiger partial charge in [0.2, 0.25) is 0 Å². The van der Waals surface area contributed by atoms with Crippen molar-refractivity contribution in [1.29, 1.82) is 0 Å².